The lowest BCUT2D eigenvalue weighted by Crippen LogP contribution is -2.58. The van der Waals surface area contributed by atoms with Crippen LogP contribution in [0.2, 0.25) is 0 Å². The van der Waals surface area contributed by atoms with Gasteiger partial charge < -0.3 is 29.7 Å². The number of rotatable bonds is 4. The number of nitrogens with two attached hydrogens (primary N) is 1. The Morgan fingerprint density at radius 2 is 1.76 bits per heavy atom. The molecule has 2 saturated carbocycles. The largest absolute Gasteiger partial charge is 0.444 e. The first-order valence-corrected chi connectivity index (χ1v) is 14.8. The number of ether oxygens (including phenoxy) is 3. The maximum Gasteiger partial charge on any atom is 0.410 e. The highest BCUT2D eigenvalue weighted by molar-refractivity contribution is 6.13. The maximum atomic E-state index is 14.0. The van der Waals surface area contributed by atoms with Gasteiger partial charge in [-0.05, 0) is 66.5 Å². The van der Waals surface area contributed by atoms with E-state index in [0.717, 1.165) is 19.3 Å². The van der Waals surface area contributed by atoms with Gasteiger partial charge in [0.25, 0.3) is 0 Å². The normalized spacial score (nSPS) is 27.5. The van der Waals surface area contributed by atoms with Crippen molar-refractivity contribution in [3.05, 3.63) is 23.2 Å². The van der Waals surface area contributed by atoms with Crippen molar-refractivity contribution in [1.29, 1.82) is 5.41 Å². The molecule has 2 aliphatic heterocycles. The fourth-order valence-corrected chi connectivity index (χ4v) is 6.40. The second-order valence-corrected chi connectivity index (χ2v) is 11.9. The molecule has 2 saturated heterocycles. The number of nitrogens with one attached hydrogen (secondary N) is 1. The highest BCUT2D eigenvalue weighted by Gasteiger charge is 2.62. The zero-order valence-electron chi connectivity index (χ0n) is 25.7. The molecule has 2 spiro atoms. The lowest BCUT2D eigenvalue weighted by molar-refractivity contribution is -0.251. The zero-order valence-corrected chi connectivity index (χ0v) is 26.5. The van der Waals surface area contributed by atoms with Gasteiger partial charge in [-0.3, -0.25) is 10.2 Å². The first-order chi connectivity index (χ1) is 18.9. The topological polar surface area (TPSA) is 131 Å². The van der Waals surface area contributed by atoms with Crippen LogP contribution in [0.25, 0.3) is 0 Å². The molecule has 4 aliphatic rings. The summed E-state index contributed by atoms with van der Waals surface area (Å²) >= 11 is 0. The van der Waals surface area contributed by atoms with Gasteiger partial charge in [0.05, 0.1) is 30.0 Å². The number of Topliss-reactive ketones (excluding diaryl/α,β-unsaturated/α-hetero) is 1. The van der Waals surface area contributed by atoms with Crippen molar-refractivity contribution in [3.63, 3.8) is 0 Å². The summed E-state index contributed by atoms with van der Waals surface area (Å²) in [7, 11) is 0. The Morgan fingerprint density at radius 1 is 1.15 bits per heavy atom. The number of fused-ring (bicyclic) bond motifs is 1. The van der Waals surface area contributed by atoms with Gasteiger partial charge in [-0.1, -0.05) is 20.3 Å². The van der Waals surface area contributed by atoms with E-state index in [-0.39, 0.29) is 41.7 Å². The van der Waals surface area contributed by atoms with Crippen LogP contribution in [0.3, 0.4) is 0 Å². The molecule has 2 aliphatic carbocycles. The lowest BCUT2D eigenvalue weighted by Gasteiger charge is -2.51. The molecule has 0 unspecified atom stereocenters. The van der Waals surface area contributed by atoms with Crippen LogP contribution >= 0.6 is 12.4 Å². The van der Waals surface area contributed by atoms with Crippen LogP contribution in [0.4, 0.5) is 4.79 Å². The van der Waals surface area contributed by atoms with Crippen LogP contribution in [-0.4, -0.2) is 84.4 Å². The second kappa shape index (κ2) is 14.2. The Bertz CT molecular complexity index is 1040. The van der Waals surface area contributed by atoms with Crippen LogP contribution in [-0.2, 0) is 19.0 Å². The van der Waals surface area contributed by atoms with Gasteiger partial charge in [-0.25, -0.2) is 9.79 Å². The van der Waals surface area contributed by atoms with Crippen molar-refractivity contribution in [2.24, 2.45) is 16.1 Å². The van der Waals surface area contributed by atoms with Gasteiger partial charge in [-0.2, -0.15) is 0 Å². The van der Waals surface area contributed by atoms with E-state index in [4.69, 9.17) is 25.4 Å². The number of carbonyl (C=O) groups is 2. The van der Waals surface area contributed by atoms with Crippen molar-refractivity contribution in [2.45, 2.75) is 104 Å². The number of aliphatic imine (C=N–C) groups is 1. The molecule has 0 aromatic carbocycles. The number of ketones is 1. The molecule has 4 rings (SSSR count). The van der Waals surface area contributed by atoms with Crippen LogP contribution in [0.5, 0.6) is 0 Å². The minimum atomic E-state index is -0.871. The molecule has 0 aromatic heterocycles. The van der Waals surface area contributed by atoms with Crippen LogP contribution in [0.1, 0.15) is 86.5 Å². The molecule has 1 amide bonds. The summed E-state index contributed by atoms with van der Waals surface area (Å²) in [5, 5.41) is 8.76. The summed E-state index contributed by atoms with van der Waals surface area (Å²) in [6, 6.07) is -0.123. The third-order valence-electron chi connectivity index (χ3n) is 8.21. The Labute approximate surface area is 251 Å². The summed E-state index contributed by atoms with van der Waals surface area (Å²) in [4.78, 5) is 34.4. The molecular weight excluding hydrogens is 546 g/mol. The number of piperazine rings is 1. The standard InChI is InChI=1S/C28H43N5O5.C2H6.ClH/c1-19-18-32(13-14-33(19)25(35)38-26(2,3)4)22(31-5)17-21(29)23(30)20-9-8-11-27(24(20)34)10-6-7-12-28(27)36-15-16-37-28;1-2;/h17,19,29H,5-16,18,30H2,1-4H3;1-2H3;1H/b22-17+,23-20-,29-21?;;/t19-,27-;;/m0../s1. The van der Waals surface area contributed by atoms with Crippen LogP contribution in [0, 0.1) is 10.8 Å². The number of allylic oxidation sites excluding steroid dienone is 2. The summed E-state index contributed by atoms with van der Waals surface area (Å²) < 4.78 is 17.8. The minimum Gasteiger partial charge on any atom is -0.444 e. The average Bonchev–Trinajstić information content (AvgIpc) is 3.39. The smallest absolute Gasteiger partial charge is 0.410 e. The lowest BCUT2D eigenvalue weighted by atomic mass is 9.59. The SMILES string of the molecule is C=N/C(=C\C(=N)/C(N)=C1\CCC[C@@]2(CCCCC23OCCO3)C1=O)N1CCN(C(=O)OC(C)(C)C)[C@@H](C)C1.CC.Cl. The predicted octanol–water partition coefficient (Wildman–Crippen LogP) is 5.21. The van der Waals surface area contributed by atoms with Crippen LogP contribution < -0.4 is 5.73 Å². The summed E-state index contributed by atoms with van der Waals surface area (Å²) in [6.07, 6.45) is 6.60. The van der Waals surface area contributed by atoms with E-state index in [0.29, 0.717) is 69.9 Å². The molecule has 0 radical (unpaired) electrons. The van der Waals surface area contributed by atoms with E-state index in [1.165, 1.54) is 0 Å². The van der Waals surface area contributed by atoms with Crippen molar-refractivity contribution in [3.8, 4) is 0 Å². The maximum absolute atomic E-state index is 14.0. The van der Waals surface area contributed by atoms with E-state index in [2.05, 4.69) is 11.7 Å². The molecule has 2 heterocycles. The van der Waals surface area contributed by atoms with E-state index in [9.17, 15) is 9.59 Å². The number of hydrogen-bond acceptors (Lipinski definition) is 9. The van der Waals surface area contributed by atoms with Gasteiger partial charge in [0.2, 0.25) is 0 Å². The van der Waals surface area contributed by atoms with Crippen molar-refractivity contribution >= 4 is 36.7 Å². The first kappa shape index (κ1) is 34.8. The molecule has 0 bridgehead atoms. The van der Waals surface area contributed by atoms with Gasteiger partial charge in [0, 0.05) is 43.7 Å². The van der Waals surface area contributed by atoms with Gasteiger partial charge in [0.15, 0.2) is 11.6 Å². The summed E-state index contributed by atoms with van der Waals surface area (Å²) in [5.74, 6) is -0.415. The Kier molecular flexibility index (Phi) is 12.0. The monoisotopic (exact) mass is 595 g/mol. The van der Waals surface area contributed by atoms with E-state index >= 15 is 0 Å². The molecule has 11 heteroatoms. The molecule has 2 atom stereocenters. The van der Waals surface area contributed by atoms with Crippen molar-refractivity contribution in [2.75, 3.05) is 32.8 Å². The summed E-state index contributed by atoms with van der Waals surface area (Å²) in [5.41, 5.74) is 5.89. The Balaban J connectivity index is 0.00000192. The molecule has 232 valence electrons. The van der Waals surface area contributed by atoms with Gasteiger partial charge in [-0.15, -0.1) is 12.4 Å². The quantitative estimate of drug-likeness (QED) is 0.337. The minimum absolute atomic E-state index is 0. The molecular formula is C30H50ClN5O5. The van der Waals surface area contributed by atoms with Gasteiger partial charge in [0.1, 0.15) is 11.4 Å². The highest BCUT2D eigenvalue weighted by atomic mass is 35.5. The summed E-state index contributed by atoms with van der Waals surface area (Å²) in [6.45, 7) is 17.7. The van der Waals surface area contributed by atoms with E-state index in [1.807, 2.05) is 46.4 Å². The van der Waals surface area contributed by atoms with Gasteiger partial charge >= 0.3 is 6.09 Å². The zero-order chi connectivity index (χ0) is 29.7. The predicted molar refractivity (Wildman–Crippen MR) is 164 cm³/mol. The van der Waals surface area contributed by atoms with Crippen molar-refractivity contribution < 1.29 is 23.8 Å². The van der Waals surface area contributed by atoms with E-state index < -0.39 is 16.8 Å². The highest BCUT2D eigenvalue weighted by Crippen LogP contribution is 2.56. The molecule has 41 heavy (non-hydrogen) atoms. The fourth-order valence-electron chi connectivity index (χ4n) is 6.40. The van der Waals surface area contributed by atoms with Crippen molar-refractivity contribution in [1.82, 2.24) is 9.80 Å². The van der Waals surface area contributed by atoms with E-state index in [1.54, 1.807) is 11.0 Å². The molecule has 0 aromatic rings. The number of hydrogen-bond donors (Lipinski definition) is 2. The second-order valence-electron chi connectivity index (χ2n) is 11.9. The fraction of sp³-hybridized carbons (Fsp3) is 0.733. The number of carbonyl (C=O) groups excluding carboxylic acids is 2. The average molecular weight is 596 g/mol. The Morgan fingerprint density at radius 3 is 2.34 bits per heavy atom. The first-order valence-electron chi connectivity index (χ1n) is 14.8. The third kappa shape index (κ3) is 7.14. The molecule has 3 N–H and O–H groups in total. The number of nitrogens with zero attached hydrogens (tertiary/aromatic N) is 3. The Hall–Kier alpha value is -2.43. The molecule has 10 nitrogen and oxygen atoms in total. The number of amides is 1. The van der Waals surface area contributed by atoms with Crippen LogP contribution in [0.15, 0.2) is 28.2 Å². The molecule has 4 fully saturated rings. The number of halogens is 1. The third-order valence-corrected chi connectivity index (χ3v) is 8.21.